The molecule has 1 aliphatic heterocycles. The van der Waals surface area contributed by atoms with Crippen molar-refractivity contribution in [3.05, 3.63) is 20.8 Å². The van der Waals surface area contributed by atoms with E-state index in [0.717, 1.165) is 24.0 Å². The lowest BCUT2D eigenvalue weighted by atomic mass is 10.2. The van der Waals surface area contributed by atoms with Gasteiger partial charge in [0.05, 0.1) is 6.04 Å². The molecule has 0 bridgehead atoms. The molecule has 0 spiro atoms. The molecule has 0 aliphatic carbocycles. The normalized spacial score (nSPS) is 21.1. The zero-order chi connectivity index (χ0) is 11.7. The molecule has 2 heterocycles. The number of nitrogens with zero attached hydrogens (tertiary/aromatic N) is 2. The van der Waals surface area contributed by atoms with Gasteiger partial charge in [-0.3, -0.25) is 9.69 Å². The quantitative estimate of drug-likeness (QED) is 0.854. The fourth-order valence-corrected chi connectivity index (χ4v) is 3.52. The third kappa shape index (κ3) is 2.47. The molecule has 3 nitrogen and oxygen atoms in total. The van der Waals surface area contributed by atoms with Gasteiger partial charge in [0.25, 0.3) is 0 Å². The van der Waals surface area contributed by atoms with Crippen LogP contribution in [0.3, 0.4) is 0 Å². The summed E-state index contributed by atoms with van der Waals surface area (Å²) in [6, 6.07) is 2.18. The molecule has 0 radical (unpaired) electrons. The highest BCUT2D eigenvalue weighted by atomic mass is 79.9. The number of likely N-dealkylation sites (tertiary alicyclic amines) is 1. The van der Waals surface area contributed by atoms with Gasteiger partial charge in [-0.05, 0) is 35.5 Å². The smallest absolute Gasteiger partial charge is 0.239 e. The Morgan fingerprint density at radius 1 is 1.69 bits per heavy atom. The Kier molecular flexibility index (Phi) is 3.66. The van der Waals surface area contributed by atoms with Gasteiger partial charge in [-0.1, -0.05) is 0 Å². The highest BCUT2D eigenvalue weighted by Gasteiger charge is 2.32. The van der Waals surface area contributed by atoms with Crippen molar-refractivity contribution in [3.8, 4) is 0 Å². The van der Waals surface area contributed by atoms with Gasteiger partial charge < -0.3 is 4.90 Å². The number of carbonyl (C=O) groups excluding carboxylic acids is 1. The van der Waals surface area contributed by atoms with Crippen LogP contribution in [0.5, 0.6) is 0 Å². The Bertz CT molecular complexity index is 393. The fraction of sp³-hybridized carbons (Fsp3) is 0.545. The molecule has 1 saturated heterocycles. The van der Waals surface area contributed by atoms with Gasteiger partial charge in [-0.25, -0.2) is 0 Å². The van der Waals surface area contributed by atoms with Crippen LogP contribution in [-0.2, 0) is 11.3 Å². The van der Waals surface area contributed by atoms with Crippen LogP contribution < -0.4 is 0 Å². The van der Waals surface area contributed by atoms with Crippen LogP contribution in [0.4, 0.5) is 0 Å². The summed E-state index contributed by atoms with van der Waals surface area (Å²) in [6.45, 7) is 1.72. The monoisotopic (exact) mass is 302 g/mol. The highest BCUT2D eigenvalue weighted by Crippen LogP contribution is 2.23. The van der Waals surface area contributed by atoms with Crippen molar-refractivity contribution in [1.29, 1.82) is 0 Å². The molecular formula is C11H15BrN2OS. The Balaban J connectivity index is 1.98. The lowest BCUT2D eigenvalue weighted by Crippen LogP contribution is -2.37. The average Bonchev–Trinajstić information content (AvgIpc) is 2.76. The maximum absolute atomic E-state index is 11.8. The van der Waals surface area contributed by atoms with Crippen LogP contribution in [0, 0.1) is 0 Å². The van der Waals surface area contributed by atoms with Crippen LogP contribution in [0.2, 0.25) is 0 Å². The number of hydrogen-bond acceptors (Lipinski definition) is 3. The Hall–Kier alpha value is -0.390. The standard InChI is InChI=1S/C11H15BrN2OS/c1-13-4-3-10(11(13)15)14(2)6-9-5-8(12)7-16-9/h5,7,10H,3-4,6H2,1-2H3/t10-/m0/s1. The molecule has 0 N–H and O–H groups in total. The largest absolute Gasteiger partial charge is 0.344 e. The van der Waals surface area contributed by atoms with Crippen LogP contribution in [0.25, 0.3) is 0 Å². The second-order valence-electron chi connectivity index (χ2n) is 4.21. The maximum Gasteiger partial charge on any atom is 0.239 e. The lowest BCUT2D eigenvalue weighted by molar-refractivity contribution is -0.130. The van der Waals surface area contributed by atoms with E-state index in [-0.39, 0.29) is 11.9 Å². The van der Waals surface area contributed by atoms with Gasteiger partial charge in [0.1, 0.15) is 0 Å². The first kappa shape index (κ1) is 12.1. The van der Waals surface area contributed by atoms with Gasteiger partial charge in [0.2, 0.25) is 5.91 Å². The van der Waals surface area contributed by atoms with Crippen molar-refractivity contribution in [2.75, 3.05) is 20.6 Å². The molecule has 16 heavy (non-hydrogen) atoms. The second-order valence-corrected chi connectivity index (χ2v) is 6.12. The van der Waals surface area contributed by atoms with E-state index in [9.17, 15) is 4.79 Å². The van der Waals surface area contributed by atoms with Crippen LogP contribution in [-0.4, -0.2) is 42.4 Å². The Morgan fingerprint density at radius 3 is 2.94 bits per heavy atom. The van der Waals surface area contributed by atoms with Crippen molar-refractivity contribution in [3.63, 3.8) is 0 Å². The summed E-state index contributed by atoms with van der Waals surface area (Å²) < 4.78 is 1.12. The lowest BCUT2D eigenvalue weighted by Gasteiger charge is -2.21. The summed E-state index contributed by atoms with van der Waals surface area (Å²) >= 11 is 5.17. The number of amides is 1. The second kappa shape index (κ2) is 4.85. The first-order valence-corrected chi connectivity index (χ1v) is 6.93. The SMILES string of the molecule is CN1CC[C@H](N(C)Cc2cc(Br)cs2)C1=O. The van der Waals surface area contributed by atoms with Crippen molar-refractivity contribution in [2.45, 2.75) is 19.0 Å². The zero-order valence-corrected chi connectivity index (χ0v) is 11.8. The maximum atomic E-state index is 11.8. The summed E-state index contributed by atoms with van der Waals surface area (Å²) in [4.78, 5) is 17.1. The molecule has 1 aliphatic rings. The number of likely N-dealkylation sites (N-methyl/N-ethyl adjacent to an activating group) is 2. The number of halogens is 1. The zero-order valence-electron chi connectivity index (χ0n) is 9.44. The molecular weight excluding hydrogens is 288 g/mol. The van der Waals surface area contributed by atoms with Crippen LogP contribution in [0.1, 0.15) is 11.3 Å². The summed E-state index contributed by atoms with van der Waals surface area (Å²) in [5, 5.41) is 2.08. The molecule has 1 aromatic rings. The first-order valence-electron chi connectivity index (χ1n) is 5.26. The Labute approximate surface area is 108 Å². The predicted octanol–water partition coefficient (Wildman–Crippen LogP) is 2.17. The number of rotatable bonds is 3. The van der Waals surface area contributed by atoms with E-state index in [1.807, 2.05) is 19.0 Å². The van der Waals surface area contributed by atoms with Crippen molar-refractivity contribution in [2.24, 2.45) is 0 Å². The van der Waals surface area contributed by atoms with Gasteiger partial charge >= 0.3 is 0 Å². The molecule has 1 aromatic heterocycles. The highest BCUT2D eigenvalue weighted by molar-refractivity contribution is 9.10. The molecule has 88 valence electrons. The van der Waals surface area contributed by atoms with Gasteiger partial charge in [-0.15, -0.1) is 11.3 Å². The van der Waals surface area contributed by atoms with Gasteiger partial charge in [-0.2, -0.15) is 0 Å². The molecule has 2 rings (SSSR count). The summed E-state index contributed by atoms with van der Waals surface area (Å²) in [5.74, 6) is 0.248. The molecule has 0 aromatic carbocycles. The van der Waals surface area contributed by atoms with Crippen LogP contribution in [0.15, 0.2) is 15.9 Å². The van der Waals surface area contributed by atoms with Crippen molar-refractivity contribution in [1.82, 2.24) is 9.80 Å². The number of hydrogen-bond donors (Lipinski definition) is 0. The average molecular weight is 303 g/mol. The fourth-order valence-electron chi connectivity index (χ4n) is 2.01. The summed E-state index contributed by atoms with van der Waals surface area (Å²) in [6.07, 6.45) is 0.943. The number of thiophene rings is 1. The minimum Gasteiger partial charge on any atom is -0.344 e. The van der Waals surface area contributed by atoms with E-state index in [1.165, 1.54) is 4.88 Å². The van der Waals surface area contributed by atoms with Crippen molar-refractivity contribution >= 4 is 33.2 Å². The van der Waals surface area contributed by atoms with E-state index in [4.69, 9.17) is 0 Å². The molecule has 0 saturated carbocycles. The molecule has 1 atom stereocenters. The first-order chi connectivity index (χ1) is 7.58. The Morgan fingerprint density at radius 2 is 2.44 bits per heavy atom. The minimum atomic E-state index is 0.0610. The minimum absolute atomic E-state index is 0.0610. The molecule has 1 amide bonds. The third-order valence-corrected chi connectivity index (χ3v) is 4.64. The topological polar surface area (TPSA) is 23.6 Å². The van der Waals surface area contributed by atoms with E-state index in [0.29, 0.717) is 0 Å². The van der Waals surface area contributed by atoms with E-state index < -0.39 is 0 Å². The third-order valence-electron chi connectivity index (χ3n) is 2.96. The van der Waals surface area contributed by atoms with Crippen molar-refractivity contribution < 1.29 is 4.79 Å². The molecule has 5 heteroatoms. The van der Waals surface area contributed by atoms with E-state index in [1.54, 1.807) is 11.3 Å². The summed E-state index contributed by atoms with van der Waals surface area (Å²) in [7, 11) is 3.90. The molecule has 0 unspecified atom stereocenters. The van der Waals surface area contributed by atoms with Gasteiger partial charge in [0.15, 0.2) is 0 Å². The summed E-state index contributed by atoms with van der Waals surface area (Å²) in [5.41, 5.74) is 0. The van der Waals surface area contributed by atoms with Gasteiger partial charge in [0, 0.05) is 34.9 Å². The van der Waals surface area contributed by atoms with E-state index >= 15 is 0 Å². The van der Waals surface area contributed by atoms with E-state index in [2.05, 4.69) is 32.3 Å². The van der Waals surface area contributed by atoms with Crippen LogP contribution >= 0.6 is 27.3 Å². The molecule has 1 fully saturated rings. The number of carbonyl (C=O) groups is 1. The predicted molar refractivity (Wildman–Crippen MR) is 69.5 cm³/mol.